The number of piperidine rings is 1. The summed E-state index contributed by atoms with van der Waals surface area (Å²) >= 11 is 6.03. The van der Waals surface area contributed by atoms with Gasteiger partial charge in [-0.05, 0) is 73.7 Å². The number of hydrogen-bond donors (Lipinski definition) is 0. The van der Waals surface area contributed by atoms with Crippen molar-refractivity contribution in [2.24, 2.45) is 5.92 Å². The second-order valence-electron chi connectivity index (χ2n) is 8.43. The van der Waals surface area contributed by atoms with E-state index in [1.165, 1.54) is 11.1 Å². The summed E-state index contributed by atoms with van der Waals surface area (Å²) in [6, 6.07) is 28.7. The molecule has 0 saturated carbocycles. The SMILES string of the molecule is Clc1ccc(-c2nnc([C@@H](c3ccccc3)N3CCC(Cc4ccccc4)CC3)o2)cc1. The molecule has 1 aliphatic rings. The Kier molecular flexibility index (Phi) is 6.33. The van der Waals surface area contributed by atoms with E-state index in [1.807, 2.05) is 30.3 Å². The lowest BCUT2D eigenvalue weighted by Gasteiger charge is -2.36. The molecule has 5 rings (SSSR count). The standard InChI is InChI=1S/C27H26ClN3O/c28-24-13-11-23(12-14-24)26-29-30-27(32-26)25(22-9-5-2-6-10-22)31-17-15-21(16-18-31)19-20-7-3-1-4-8-20/h1-14,21,25H,15-19H2/t25-/m1/s1. The lowest BCUT2D eigenvalue weighted by atomic mass is 9.89. The van der Waals surface area contributed by atoms with E-state index in [1.54, 1.807) is 0 Å². The van der Waals surface area contributed by atoms with Gasteiger partial charge < -0.3 is 4.42 Å². The number of hydrogen-bond acceptors (Lipinski definition) is 4. The highest BCUT2D eigenvalue weighted by Gasteiger charge is 2.31. The van der Waals surface area contributed by atoms with Crippen LogP contribution in [-0.4, -0.2) is 28.2 Å². The Morgan fingerprint density at radius 2 is 1.50 bits per heavy atom. The summed E-state index contributed by atoms with van der Waals surface area (Å²) in [5.41, 5.74) is 3.48. The molecule has 0 unspecified atom stereocenters. The third-order valence-electron chi connectivity index (χ3n) is 6.26. The van der Waals surface area contributed by atoms with Gasteiger partial charge in [0.25, 0.3) is 0 Å². The third-order valence-corrected chi connectivity index (χ3v) is 6.51. The molecule has 0 aliphatic carbocycles. The molecular formula is C27H26ClN3O. The molecule has 32 heavy (non-hydrogen) atoms. The van der Waals surface area contributed by atoms with Crippen molar-refractivity contribution < 1.29 is 4.42 Å². The van der Waals surface area contributed by atoms with E-state index >= 15 is 0 Å². The van der Waals surface area contributed by atoms with Gasteiger partial charge in [0, 0.05) is 10.6 Å². The van der Waals surface area contributed by atoms with Gasteiger partial charge in [0.05, 0.1) is 0 Å². The average molecular weight is 444 g/mol. The van der Waals surface area contributed by atoms with E-state index < -0.39 is 0 Å². The average Bonchev–Trinajstić information content (AvgIpc) is 3.32. The first-order valence-electron chi connectivity index (χ1n) is 11.2. The van der Waals surface area contributed by atoms with E-state index in [4.69, 9.17) is 16.0 Å². The molecule has 1 aliphatic heterocycles. The summed E-state index contributed by atoms with van der Waals surface area (Å²) in [6.07, 6.45) is 3.47. The van der Waals surface area contributed by atoms with Crippen LogP contribution in [0.3, 0.4) is 0 Å². The summed E-state index contributed by atoms with van der Waals surface area (Å²) in [6.45, 7) is 2.02. The van der Waals surface area contributed by atoms with Crippen molar-refractivity contribution in [2.75, 3.05) is 13.1 Å². The molecule has 4 aromatic rings. The molecular weight excluding hydrogens is 418 g/mol. The van der Waals surface area contributed by atoms with Crippen molar-refractivity contribution in [3.05, 3.63) is 107 Å². The molecule has 1 saturated heterocycles. The molecule has 0 radical (unpaired) electrons. The summed E-state index contributed by atoms with van der Waals surface area (Å²) in [7, 11) is 0. The maximum Gasteiger partial charge on any atom is 0.247 e. The Morgan fingerprint density at radius 3 is 2.19 bits per heavy atom. The van der Waals surface area contributed by atoms with E-state index in [9.17, 15) is 0 Å². The van der Waals surface area contributed by atoms with Gasteiger partial charge in [0.2, 0.25) is 11.8 Å². The van der Waals surface area contributed by atoms with Gasteiger partial charge in [0.1, 0.15) is 6.04 Å². The number of halogens is 1. The lowest BCUT2D eigenvalue weighted by molar-refractivity contribution is 0.135. The van der Waals surface area contributed by atoms with Gasteiger partial charge in [0.15, 0.2) is 0 Å². The molecule has 0 bridgehead atoms. The minimum Gasteiger partial charge on any atom is -0.419 e. The highest BCUT2D eigenvalue weighted by Crippen LogP contribution is 2.34. The number of rotatable bonds is 6. The highest BCUT2D eigenvalue weighted by atomic mass is 35.5. The Bertz CT molecular complexity index is 1120. The largest absolute Gasteiger partial charge is 0.419 e. The Morgan fingerprint density at radius 1 is 0.844 bits per heavy atom. The van der Waals surface area contributed by atoms with Crippen molar-refractivity contribution >= 4 is 11.6 Å². The fraction of sp³-hybridized carbons (Fsp3) is 0.259. The normalized spacial score (nSPS) is 16.2. The zero-order valence-electron chi connectivity index (χ0n) is 17.9. The van der Waals surface area contributed by atoms with Crippen molar-refractivity contribution in [3.8, 4) is 11.5 Å². The number of nitrogens with zero attached hydrogens (tertiary/aromatic N) is 3. The van der Waals surface area contributed by atoms with E-state index in [0.717, 1.165) is 37.9 Å². The summed E-state index contributed by atoms with van der Waals surface area (Å²) in [5.74, 6) is 1.87. The van der Waals surface area contributed by atoms with Crippen LogP contribution in [0.5, 0.6) is 0 Å². The predicted octanol–water partition coefficient (Wildman–Crippen LogP) is 6.43. The fourth-order valence-electron chi connectivity index (χ4n) is 4.56. The smallest absolute Gasteiger partial charge is 0.247 e. The summed E-state index contributed by atoms with van der Waals surface area (Å²) in [4.78, 5) is 2.48. The molecule has 1 aromatic heterocycles. The first-order valence-corrected chi connectivity index (χ1v) is 11.6. The molecule has 1 fully saturated rings. The quantitative estimate of drug-likeness (QED) is 0.344. The van der Waals surface area contributed by atoms with Crippen LogP contribution in [0.15, 0.2) is 89.3 Å². The second kappa shape index (κ2) is 9.68. The van der Waals surface area contributed by atoms with Crippen LogP contribution in [0.1, 0.15) is 35.9 Å². The number of likely N-dealkylation sites (tertiary alicyclic amines) is 1. The molecule has 2 heterocycles. The third kappa shape index (κ3) is 4.77. The van der Waals surface area contributed by atoms with Gasteiger partial charge in [-0.1, -0.05) is 72.3 Å². The minimum absolute atomic E-state index is 0.0394. The highest BCUT2D eigenvalue weighted by molar-refractivity contribution is 6.30. The van der Waals surface area contributed by atoms with Crippen molar-refractivity contribution in [1.82, 2.24) is 15.1 Å². The Hall–Kier alpha value is -2.95. The van der Waals surface area contributed by atoms with Crippen LogP contribution in [0.4, 0.5) is 0 Å². The van der Waals surface area contributed by atoms with E-state index in [2.05, 4.69) is 69.7 Å². The minimum atomic E-state index is -0.0394. The van der Waals surface area contributed by atoms with Gasteiger partial charge >= 0.3 is 0 Å². The lowest BCUT2D eigenvalue weighted by Crippen LogP contribution is -2.38. The van der Waals surface area contributed by atoms with Gasteiger partial charge in [-0.15, -0.1) is 10.2 Å². The zero-order chi connectivity index (χ0) is 21.8. The Balaban J connectivity index is 1.35. The molecule has 1 atom stereocenters. The van der Waals surface area contributed by atoms with Gasteiger partial charge in [-0.25, -0.2) is 0 Å². The molecule has 3 aromatic carbocycles. The fourth-order valence-corrected chi connectivity index (χ4v) is 4.69. The predicted molar refractivity (Wildman–Crippen MR) is 127 cm³/mol. The first kappa shape index (κ1) is 20.9. The number of benzene rings is 3. The van der Waals surface area contributed by atoms with Crippen LogP contribution >= 0.6 is 11.6 Å². The topological polar surface area (TPSA) is 42.2 Å². The molecule has 0 N–H and O–H groups in total. The number of aromatic nitrogens is 2. The van der Waals surface area contributed by atoms with Crippen LogP contribution in [0, 0.1) is 5.92 Å². The van der Waals surface area contributed by atoms with E-state index in [0.29, 0.717) is 22.7 Å². The van der Waals surface area contributed by atoms with Gasteiger partial charge in [-0.2, -0.15) is 0 Å². The molecule has 162 valence electrons. The maximum atomic E-state index is 6.19. The van der Waals surface area contributed by atoms with Crippen molar-refractivity contribution in [3.63, 3.8) is 0 Å². The second-order valence-corrected chi connectivity index (χ2v) is 8.87. The zero-order valence-corrected chi connectivity index (χ0v) is 18.7. The van der Waals surface area contributed by atoms with Gasteiger partial charge in [-0.3, -0.25) is 4.90 Å². The monoisotopic (exact) mass is 443 g/mol. The molecule has 5 heteroatoms. The summed E-state index contributed by atoms with van der Waals surface area (Å²) in [5, 5.41) is 9.49. The van der Waals surface area contributed by atoms with Crippen molar-refractivity contribution in [2.45, 2.75) is 25.3 Å². The first-order chi connectivity index (χ1) is 15.8. The summed E-state index contributed by atoms with van der Waals surface area (Å²) < 4.78 is 6.19. The van der Waals surface area contributed by atoms with Crippen LogP contribution in [-0.2, 0) is 6.42 Å². The Labute approximate surface area is 193 Å². The van der Waals surface area contributed by atoms with Crippen LogP contribution in [0.25, 0.3) is 11.5 Å². The van der Waals surface area contributed by atoms with E-state index in [-0.39, 0.29) is 6.04 Å². The van der Waals surface area contributed by atoms with Crippen molar-refractivity contribution in [1.29, 1.82) is 0 Å². The molecule has 0 spiro atoms. The molecule has 0 amide bonds. The molecule has 4 nitrogen and oxygen atoms in total. The van der Waals surface area contributed by atoms with Crippen LogP contribution in [0.2, 0.25) is 5.02 Å². The maximum absolute atomic E-state index is 6.19. The van der Waals surface area contributed by atoms with Crippen LogP contribution < -0.4 is 0 Å².